The first kappa shape index (κ1) is 21.6. The fraction of sp³-hybridized carbons (Fsp3) is 0.900. The maximum Gasteiger partial charge on any atom is 0.158 e. The summed E-state index contributed by atoms with van der Waals surface area (Å²) in [5, 5.41) is 11.1. The highest BCUT2D eigenvalue weighted by atomic mass is 32.2. The van der Waals surface area contributed by atoms with Crippen molar-refractivity contribution in [3.63, 3.8) is 0 Å². The van der Waals surface area contributed by atoms with E-state index in [0.29, 0.717) is 11.8 Å². The van der Waals surface area contributed by atoms with E-state index < -0.39 is 0 Å². The summed E-state index contributed by atoms with van der Waals surface area (Å²) in [6.07, 6.45) is 7.34. The number of allylic oxidation sites excluding steroid dienone is 1. The summed E-state index contributed by atoms with van der Waals surface area (Å²) in [7, 11) is 0. The SMILES string of the molecule is C/C(=C\CC[C@@H](C)CC1OCCO1)[C@@H](O)C1(CC(C)C)SCCCS1. The van der Waals surface area contributed by atoms with Gasteiger partial charge >= 0.3 is 0 Å². The Labute approximate surface area is 162 Å². The molecule has 0 aliphatic carbocycles. The van der Waals surface area contributed by atoms with Gasteiger partial charge in [0.15, 0.2) is 6.29 Å². The number of ether oxygens (including phenoxy) is 2. The molecule has 0 radical (unpaired) electrons. The molecule has 0 aromatic carbocycles. The Bertz CT molecular complexity index is 413. The largest absolute Gasteiger partial charge is 0.386 e. The van der Waals surface area contributed by atoms with Gasteiger partial charge in [-0.05, 0) is 61.5 Å². The number of hydrogen-bond acceptors (Lipinski definition) is 5. The lowest BCUT2D eigenvalue weighted by atomic mass is 9.96. The summed E-state index contributed by atoms with van der Waals surface area (Å²) in [6.45, 7) is 10.4. The van der Waals surface area contributed by atoms with Crippen LogP contribution in [0.15, 0.2) is 11.6 Å². The van der Waals surface area contributed by atoms with Gasteiger partial charge in [-0.2, -0.15) is 0 Å². The molecule has 0 spiro atoms. The topological polar surface area (TPSA) is 38.7 Å². The highest BCUT2D eigenvalue weighted by molar-refractivity contribution is 8.18. The molecule has 3 nitrogen and oxygen atoms in total. The molecule has 5 heteroatoms. The van der Waals surface area contributed by atoms with Crippen LogP contribution in [0, 0.1) is 11.8 Å². The standard InChI is InChI=1S/C20H36O3S2/c1-15(2)14-20(24-11-6-12-25-20)19(21)17(4)8-5-7-16(3)13-18-22-9-10-23-18/h8,15-16,18-19,21H,5-7,9-14H2,1-4H3/b17-8+/t16-,19-/m1/s1. The molecular formula is C20H36O3S2. The number of aliphatic hydroxyl groups is 1. The van der Waals surface area contributed by atoms with Gasteiger partial charge < -0.3 is 14.6 Å². The van der Waals surface area contributed by atoms with Crippen molar-refractivity contribution >= 4 is 23.5 Å². The van der Waals surface area contributed by atoms with Crippen LogP contribution in [-0.4, -0.2) is 46.3 Å². The van der Waals surface area contributed by atoms with E-state index in [1.54, 1.807) is 0 Å². The fourth-order valence-electron chi connectivity index (χ4n) is 3.59. The van der Waals surface area contributed by atoms with Gasteiger partial charge in [0.25, 0.3) is 0 Å². The second kappa shape index (κ2) is 10.6. The highest BCUT2D eigenvalue weighted by Crippen LogP contribution is 2.50. The van der Waals surface area contributed by atoms with Crippen LogP contribution in [0.4, 0.5) is 0 Å². The van der Waals surface area contributed by atoms with Gasteiger partial charge in [0.1, 0.15) is 0 Å². The normalized spacial score (nSPS) is 24.6. The van der Waals surface area contributed by atoms with E-state index in [1.165, 1.54) is 17.9 Å². The zero-order chi connectivity index (χ0) is 18.3. The first-order valence-corrected chi connectivity index (χ1v) is 11.8. The molecule has 146 valence electrons. The van der Waals surface area contributed by atoms with Crippen LogP contribution in [0.25, 0.3) is 0 Å². The van der Waals surface area contributed by atoms with Crippen molar-refractivity contribution in [2.75, 3.05) is 24.7 Å². The third kappa shape index (κ3) is 6.76. The van der Waals surface area contributed by atoms with E-state index in [9.17, 15) is 5.11 Å². The second-order valence-corrected chi connectivity index (χ2v) is 11.0. The van der Waals surface area contributed by atoms with Crippen molar-refractivity contribution in [2.24, 2.45) is 11.8 Å². The van der Waals surface area contributed by atoms with Gasteiger partial charge in [0.05, 0.1) is 23.4 Å². The molecule has 2 atom stereocenters. The first-order chi connectivity index (χ1) is 11.9. The smallest absolute Gasteiger partial charge is 0.158 e. The Balaban J connectivity index is 1.85. The monoisotopic (exact) mass is 388 g/mol. The average molecular weight is 389 g/mol. The molecule has 0 unspecified atom stereocenters. The summed E-state index contributed by atoms with van der Waals surface area (Å²) in [5.41, 5.74) is 1.14. The van der Waals surface area contributed by atoms with E-state index >= 15 is 0 Å². The number of hydrogen-bond donors (Lipinski definition) is 1. The van der Waals surface area contributed by atoms with Crippen LogP contribution in [0.3, 0.4) is 0 Å². The van der Waals surface area contributed by atoms with Crippen molar-refractivity contribution in [3.8, 4) is 0 Å². The summed E-state index contributed by atoms with van der Waals surface area (Å²) < 4.78 is 11.0. The predicted octanol–water partition coefficient (Wildman–Crippen LogP) is 5.09. The lowest BCUT2D eigenvalue weighted by molar-refractivity contribution is -0.0560. The molecule has 2 aliphatic heterocycles. The molecule has 0 bridgehead atoms. The number of rotatable bonds is 9. The van der Waals surface area contributed by atoms with Gasteiger partial charge in [-0.1, -0.05) is 26.8 Å². The van der Waals surface area contributed by atoms with Crippen molar-refractivity contribution in [3.05, 3.63) is 11.6 Å². The van der Waals surface area contributed by atoms with Crippen LogP contribution in [0.1, 0.15) is 59.8 Å². The van der Waals surface area contributed by atoms with Gasteiger partial charge in [-0.25, -0.2) is 0 Å². The van der Waals surface area contributed by atoms with E-state index in [-0.39, 0.29) is 16.5 Å². The summed E-state index contributed by atoms with van der Waals surface area (Å²) in [5.74, 6) is 3.52. The zero-order valence-corrected chi connectivity index (χ0v) is 18.0. The molecule has 2 rings (SSSR count). The average Bonchev–Trinajstić information content (AvgIpc) is 3.07. The molecule has 0 aromatic heterocycles. The third-order valence-electron chi connectivity index (χ3n) is 4.93. The van der Waals surface area contributed by atoms with Gasteiger partial charge in [-0.3, -0.25) is 0 Å². The molecule has 0 aromatic rings. The molecule has 1 N–H and O–H groups in total. The van der Waals surface area contributed by atoms with Crippen molar-refractivity contribution in [1.82, 2.24) is 0 Å². The molecule has 2 saturated heterocycles. The minimum Gasteiger partial charge on any atom is -0.386 e. The van der Waals surface area contributed by atoms with Gasteiger partial charge in [-0.15, -0.1) is 23.5 Å². The summed E-state index contributed by atoms with van der Waals surface area (Å²) in [6, 6.07) is 0. The molecule has 2 fully saturated rings. The Morgan fingerprint density at radius 2 is 1.84 bits per heavy atom. The van der Waals surface area contributed by atoms with Crippen molar-refractivity contribution < 1.29 is 14.6 Å². The van der Waals surface area contributed by atoms with E-state index in [4.69, 9.17) is 9.47 Å². The molecule has 2 aliphatic rings. The molecule has 0 amide bonds. The Morgan fingerprint density at radius 3 is 2.44 bits per heavy atom. The molecule has 0 saturated carbocycles. The van der Waals surface area contributed by atoms with Crippen LogP contribution < -0.4 is 0 Å². The van der Waals surface area contributed by atoms with Crippen LogP contribution in [-0.2, 0) is 9.47 Å². The van der Waals surface area contributed by atoms with Crippen molar-refractivity contribution in [1.29, 1.82) is 0 Å². The third-order valence-corrected chi connectivity index (χ3v) is 8.38. The van der Waals surface area contributed by atoms with Crippen LogP contribution >= 0.6 is 23.5 Å². The summed E-state index contributed by atoms with van der Waals surface area (Å²) >= 11 is 3.95. The lowest BCUT2D eigenvalue weighted by Crippen LogP contribution is -2.40. The fourth-order valence-corrected chi connectivity index (χ4v) is 7.46. The summed E-state index contributed by atoms with van der Waals surface area (Å²) in [4.78, 5) is 0. The lowest BCUT2D eigenvalue weighted by Gasteiger charge is -2.41. The maximum absolute atomic E-state index is 11.1. The van der Waals surface area contributed by atoms with Gasteiger partial charge in [0.2, 0.25) is 0 Å². The quantitative estimate of drug-likeness (QED) is 0.557. The van der Waals surface area contributed by atoms with Gasteiger partial charge in [0, 0.05) is 6.42 Å². The minimum absolute atomic E-state index is 0.00461. The minimum atomic E-state index is -0.345. The second-order valence-electron chi connectivity index (χ2n) is 7.90. The maximum atomic E-state index is 11.1. The van der Waals surface area contributed by atoms with Crippen LogP contribution in [0.5, 0.6) is 0 Å². The molecule has 2 heterocycles. The van der Waals surface area contributed by atoms with E-state index in [1.807, 2.05) is 23.5 Å². The van der Waals surface area contributed by atoms with E-state index in [2.05, 4.69) is 33.8 Å². The highest BCUT2D eigenvalue weighted by Gasteiger charge is 2.41. The van der Waals surface area contributed by atoms with Crippen molar-refractivity contribution in [2.45, 2.75) is 76.3 Å². The first-order valence-electron chi connectivity index (χ1n) is 9.79. The molecule has 25 heavy (non-hydrogen) atoms. The molecular weight excluding hydrogens is 352 g/mol. The Morgan fingerprint density at radius 1 is 1.20 bits per heavy atom. The number of aliphatic hydroxyl groups excluding tert-OH is 1. The zero-order valence-electron chi connectivity index (χ0n) is 16.3. The van der Waals surface area contributed by atoms with E-state index in [0.717, 1.165) is 44.5 Å². The Hall–Kier alpha value is 0.320. The number of thioether (sulfide) groups is 2. The predicted molar refractivity (Wildman–Crippen MR) is 110 cm³/mol. The Kier molecular flexibility index (Phi) is 9.17. The van der Waals surface area contributed by atoms with Crippen LogP contribution in [0.2, 0.25) is 0 Å².